The van der Waals surface area contributed by atoms with Gasteiger partial charge in [-0.3, -0.25) is 9.59 Å². The van der Waals surface area contributed by atoms with Gasteiger partial charge < -0.3 is 11.1 Å². The Morgan fingerprint density at radius 1 is 1.04 bits per heavy atom. The second kappa shape index (κ2) is 8.05. The fourth-order valence-electron chi connectivity index (χ4n) is 2.11. The maximum atomic E-state index is 12.8. The van der Waals surface area contributed by atoms with Crippen molar-refractivity contribution < 1.29 is 14.0 Å². The molecule has 0 aliphatic carbocycles. The van der Waals surface area contributed by atoms with E-state index in [1.54, 1.807) is 0 Å². The van der Waals surface area contributed by atoms with Crippen molar-refractivity contribution in [1.82, 2.24) is 5.32 Å². The van der Waals surface area contributed by atoms with E-state index in [4.69, 9.17) is 5.73 Å². The average Bonchev–Trinajstić information content (AvgIpc) is 2.51. The molecule has 6 heteroatoms. The summed E-state index contributed by atoms with van der Waals surface area (Å²) in [6, 6.07) is 12.5. The lowest BCUT2D eigenvalue weighted by Gasteiger charge is -2.15. The Kier molecular flexibility index (Phi) is 6.09. The van der Waals surface area contributed by atoms with E-state index in [1.807, 2.05) is 24.3 Å². The first-order chi connectivity index (χ1) is 10.9. The highest BCUT2D eigenvalue weighted by molar-refractivity contribution is 14.1. The van der Waals surface area contributed by atoms with Crippen LogP contribution >= 0.6 is 22.6 Å². The first-order valence-corrected chi connectivity index (χ1v) is 8.09. The van der Waals surface area contributed by atoms with Gasteiger partial charge in [0.1, 0.15) is 11.9 Å². The highest BCUT2D eigenvalue weighted by atomic mass is 127. The summed E-state index contributed by atoms with van der Waals surface area (Å²) in [6.45, 7) is 0. The van der Waals surface area contributed by atoms with Gasteiger partial charge in [0.05, 0.1) is 6.42 Å². The van der Waals surface area contributed by atoms with Gasteiger partial charge in [-0.25, -0.2) is 4.39 Å². The summed E-state index contributed by atoms with van der Waals surface area (Å²) in [7, 11) is 0. The fourth-order valence-corrected chi connectivity index (χ4v) is 2.47. The Bertz CT molecular complexity index is 687. The Morgan fingerprint density at radius 3 is 2.17 bits per heavy atom. The number of carbonyl (C=O) groups excluding carboxylic acids is 2. The van der Waals surface area contributed by atoms with Gasteiger partial charge in [0.15, 0.2) is 0 Å². The van der Waals surface area contributed by atoms with Gasteiger partial charge in [0.2, 0.25) is 11.8 Å². The van der Waals surface area contributed by atoms with Crippen molar-refractivity contribution in [2.45, 2.75) is 18.9 Å². The number of rotatable bonds is 6. The summed E-state index contributed by atoms with van der Waals surface area (Å²) in [4.78, 5) is 23.6. The van der Waals surface area contributed by atoms with Crippen LogP contribution in [-0.2, 0) is 22.4 Å². The first kappa shape index (κ1) is 17.4. The van der Waals surface area contributed by atoms with Gasteiger partial charge in [-0.05, 0) is 58.0 Å². The molecule has 0 aromatic heterocycles. The maximum Gasteiger partial charge on any atom is 0.240 e. The number of hydrogen-bond donors (Lipinski definition) is 2. The van der Waals surface area contributed by atoms with E-state index < -0.39 is 11.9 Å². The molecule has 2 aromatic carbocycles. The van der Waals surface area contributed by atoms with Crippen molar-refractivity contribution >= 4 is 34.4 Å². The molecule has 0 aliphatic heterocycles. The quantitative estimate of drug-likeness (QED) is 0.696. The summed E-state index contributed by atoms with van der Waals surface area (Å²) in [6.07, 6.45) is 0.401. The molecule has 0 bridgehead atoms. The number of primary amides is 1. The Labute approximate surface area is 147 Å². The Hall–Kier alpha value is -1.96. The Morgan fingerprint density at radius 2 is 1.61 bits per heavy atom. The van der Waals surface area contributed by atoms with Crippen molar-refractivity contribution in [3.8, 4) is 0 Å². The van der Waals surface area contributed by atoms with Crippen LogP contribution in [0, 0.1) is 9.39 Å². The smallest absolute Gasteiger partial charge is 0.240 e. The number of halogens is 2. The van der Waals surface area contributed by atoms with Crippen LogP contribution in [0.3, 0.4) is 0 Å². The molecule has 0 radical (unpaired) electrons. The molecule has 2 amide bonds. The zero-order valence-electron chi connectivity index (χ0n) is 12.3. The third kappa shape index (κ3) is 5.63. The van der Waals surface area contributed by atoms with E-state index in [9.17, 15) is 14.0 Å². The first-order valence-electron chi connectivity index (χ1n) is 7.01. The fraction of sp³-hybridized carbons (Fsp3) is 0.176. The van der Waals surface area contributed by atoms with Gasteiger partial charge in [0.25, 0.3) is 0 Å². The number of nitrogens with two attached hydrogens (primary N) is 1. The summed E-state index contributed by atoms with van der Waals surface area (Å²) < 4.78 is 13.9. The molecule has 3 N–H and O–H groups in total. The van der Waals surface area contributed by atoms with Crippen LogP contribution in [0.15, 0.2) is 48.5 Å². The van der Waals surface area contributed by atoms with Crippen molar-refractivity contribution in [1.29, 1.82) is 0 Å². The van der Waals surface area contributed by atoms with E-state index >= 15 is 0 Å². The molecule has 0 spiro atoms. The second-order valence-corrected chi connectivity index (χ2v) is 6.40. The molecule has 0 fully saturated rings. The summed E-state index contributed by atoms with van der Waals surface area (Å²) in [5.74, 6) is -1.27. The molecule has 0 saturated heterocycles. The molecule has 2 rings (SSSR count). The summed E-state index contributed by atoms with van der Waals surface area (Å²) >= 11 is 2.19. The zero-order valence-corrected chi connectivity index (χ0v) is 14.4. The van der Waals surface area contributed by atoms with Crippen LogP contribution < -0.4 is 11.1 Å². The second-order valence-electron chi connectivity index (χ2n) is 5.16. The van der Waals surface area contributed by atoms with Crippen molar-refractivity contribution in [3.05, 3.63) is 69.0 Å². The van der Waals surface area contributed by atoms with Crippen molar-refractivity contribution in [3.63, 3.8) is 0 Å². The van der Waals surface area contributed by atoms with Gasteiger partial charge in [0, 0.05) is 9.99 Å². The third-order valence-corrected chi connectivity index (χ3v) is 4.03. The lowest BCUT2D eigenvalue weighted by molar-refractivity contribution is -0.127. The average molecular weight is 426 g/mol. The maximum absolute atomic E-state index is 12.8. The predicted octanol–water partition coefficient (Wildman–Crippen LogP) is 2.19. The molecule has 120 valence electrons. The van der Waals surface area contributed by atoms with Crippen molar-refractivity contribution in [2.75, 3.05) is 0 Å². The molecule has 1 atom stereocenters. The lowest BCUT2D eigenvalue weighted by Crippen LogP contribution is -2.46. The SMILES string of the molecule is NC(=O)[C@H](Cc1ccc(I)cc1)NC(=O)Cc1ccc(F)cc1. The third-order valence-electron chi connectivity index (χ3n) is 3.31. The number of nitrogens with one attached hydrogen (secondary N) is 1. The molecule has 0 heterocycles. The van der Waals surface area contributed by atoms with Crippen LogP contribution in [0.25, 0.3) is 0 Å². The zero-order chi connectivity index (χ0) is 16.8. The molecule has 4 nitrogen and oxygen atoms in total. The van der Waals surface area contributed by atoms with Crippen LogP contribution in [0.4, 0.5) is 4.39 Å². The summed E-state index contributed by atoms with van der Waals surface area (Å²) in [5, 5.41) is 2.63. The molecule has 23 heavy (non-hydrogen) atoms. The van der Waals surface area contributed by atoms with Gasteiger partial charge in [-0.1, -0.05) is 24.3 Å². The Balaban J connectivity index is 1.98. The minimum Gasteiger partial charge on any atom is -0.368 e. The van der Waals surface area contributed by atoms with E-state index in [-0.39, 0.29) is 18.1 Å². The van der Waals surface area contributed by atoms with Crippen molar-refractivity contribution in [2.24, 2.45) is 5.73 Å². The summed E-state index contributed by atoms with van der Waals surface area (Å²) in [5.41, 5.74) is 6.95. The monoisotopic (exact) mass is 426 g/mol. The standard InChI is InChI=1S/C17H16FIN2O2/c18-13-5-1-12(2-6-13)10-16(22)21-15(17(20)23)9-11-3-7-14(19)8-4-11/h1-8,15H,9-10H2,(H2,20,23)(H,21,22)/t15-/m0/s1. The minimum absolute atomic E-state index is 0.0662. The lowest BCUT2D eigenvalue weighted by atomic mass is 10.0. The molecule has 0 saturated carbocycles. The largest absolute Gasteiger partial charge is 0.368 e. The van der Waals surface area contributed by atoms with Crippen LogP contribution in [0.2, 0.25) is 0 Å². The van der Waals surface area contributed by atoms with E-state index in [0.29, 0.717) is 12.0 Å². The van der Waals surface area contributed by atoms with Gasteiger partial charge >= 0.3 is 0 Å². The number of carbonyl (C=O) groups is 2. The normalized spacial score (nSPS) is 11.7. The molecular weight excluding hydrogens is 410 g/mol. The van der Waals surface area contributed by atoms with Crippen LogP contribution in [-0.4, -0.2) is 17.9 Å². The minimum atomic E-state index is -0.775. The highest BCUT2D eigenvalue weighted by Crippen LogP contribution is 2.09. The number of hydrogen-bond acceptors (Lipinski definition) is 2. The van der Waals surface area contributed by atoms with Gasteiger partial charge in [-0.2, -0.15) is 0 Å². The van der Waals surface area contributed by atoms with E-state index in [0.717, 1.165) is 9.13 Å². The van der Waals surface area contributed by atoms with E-state index in [1.165, 1.54) is 24.3 Å². The predicted molar refractivity (Wildman–Crippen MR) is 94.1 cm³/mol. The molecule has 2 aromatic rings. The number of benzene rings is 2. The highest BCUT2D eigenvalue weighted by Gasteiger charge is 2.18. The van der Waals surface area contributed by atoms with Gasteiger partial charge in [-0.15, -0.1) is 0 Å². The number of amides is 2. The van der Waals surface area contributed by atoms with Crippen LogP contribution in [0.1, 0.15) is 11.1 Å². The molecular formula is C17H16FIN2O2. The topological polar surface area (TPSA) is 72.2 Å². The van der Waals surface area contributed by atoms with Crippen LogP contribution in [0.5, 0.6) is 0 Å². The molecule has 0 aliphatic rings. The van der Waals surface area contributed by atoms with E-state index in [2.05, 4.69) is 27.9 Å². The molecule has 0 unspecified atom stereocenters.